The Hall–Kier alpha value is -0.0800. The maximum Gasteiger partial charge on any atom is 0.0980 e. The molecule has 0 heterocycles. The first-order valence-corrected chi connectivity index (χ1v) is 4.78. The fourth-order valence-corrected chi connectivity index (χ4v) is 0.973. The summed E-state index contributed by atoms with van der Waals surface area (Å²) in [5.74, 6) is 0.530. The van der Waals surface area contributed by atoms with Crippen molar-refractivity contribution in [2.75, 3.05) is 6.61 Å². The van der Waals surface area contributed by atoms with Crippen LogP contribution in [-0.4, -0.2) is 12.2 Å². The van der Waals surface area contributed by atoms with E-state index in [4.69, 9.17) is 9.78 Å². The van der Waals surface area contributed by atoms with E-state index < -0.39 is 0 Å². The van der Waals surface area contributed by atoms with Gasteiger partial charge in [0.25, 0.3) is 0 Å². The number of hydrogen-bond donors (Lipinski definition) is 0. The zero-order chi connectivity index (χ0) is 9.61. The van der Waals surface area contributed by atoms with Gasteiger partial charge in [-0.05, 0) is 26.2 Å². The first kappa shape index (κ1) is 11.9. The molecule has 0 bridgehead atoms. The number of hydrogen-bond acceptors (Lipinski definition) is 2. The van der Waals surface area contributed by atoms with Crippen molar-refractivity contribution >= 4 is 0 Å². The van der Waals surface area contributed by atoms with Gasteiger partial charge in [-0.1, -0.05) is 27.2 Å². The van der Waals surface area contributed by atoms with Crippen LogP contribution in [0.25, 0.3) is 0 Å². The van der Waals surface area contributed by atoms with E-state index in [2.05, 4.69) is 34.6 Å². The predicted molar refractivity (Wildman–Crippen MR) is 50.9 cm³/mol. The van der Waals surface area contributed by atoms with Crippen LogP contribution < -0.4 is 0 Å². The third-order valence-electron chi connectivity index (χ3n) is 1.54. The summed E-state index contributed by atoms with van der Waals surface area (Å²) in [6.45, 7) is 11.1. The summed E-state index contributed by atoms with van der Waals surface area (Å²) >= 11 is 0. The van der Waals surface area contributed by atoms with E-state index in [1.807, 2.05) is 0 Å². The first-order chi connectivity index (χ1) is 5.48. The SMILES string of the molecule is CCCC(C)(C)OOCC(C)C. The number of rotatable bonds is 6. The summed E-state index contributed by atoms with van der Waals surface area (Å²) in [4.78, 5) is 10.4. The van der Waals surface area contributed by atoms with Crippen LogP contribution >= 0.6 is 0 Å². The summed E-state index contributed by atoms with van der Waals surface area (Å²) in [5, 5.41) is 0. The predicted octanol–water partition coefficient (Wildman–Crippen LogP) is 3.17. The van der Waals surface area contributed by atoms with Crippen LogP contribution in [0.3, 0.4) is 0 Å². The second kappa shape index (κ2) is 5.55. The Bertz CT molecular complexity index is 108. The quantitative estimate of drug-likeness (QED) is 0.455. The molecule has 0 aromatic rings. The molecular formula is C10H22O2. The largest absolute Gasteiger partial charge is 0.236 e. The van der Waals surface area contributed by atoms with E-state index in [1.165, 1.54) is 0 Å². The molecule has 0 aromatic carbocycles. The van der Waals surface area contributed by atoms with Gasteiger partial charge in [-0.15, -0.1) is 0 Å². The molecule has 0 amide bonds. The van der Waals surface area contributed by atoms with Gasteiger partial charge in [-0.25, -0.2) is 9.78 Å². The molecule has 74 valence electrons. The van der Waals surface area contributed by atoms with Gasteiger partial charge in [0.1, 0.15) is 0 Å². The van der Waals surface area contributed by atoms with Gasteiger partial charge in [0, 0.05) is 0 Å². The van der Waals surface area contributed by atoms with Crippen molar-refractivity contribution < 1.29 is 9.78 Å². The minimum Gasteiger partial charge on any atom is -0.236 e. The van der Waals surface area contributed by atoms with E-state index in [9.17, 15) is 0 Å². The lowest BCUT2D eigenvalue weighted by molar-refractivity contribution is -0.358. The fourth-order valence-electron chi connectivity index (χ4n) is 0.973. The molecule has 2 heteroatoms. The Morgan fingerprint density at radius 1 is 1.25 bits per heavy atom. The lowest BCUT2D eigenvalue weighted by Crippen LogP contribution is -2.25. The molecule has 12 heavy (non-hydrogen) atoms. The highest BCUT2D eigenvalue weighted by atomic mass is 17.2. The van der Waals surface area contributed by atoms with Crippen LogP contribution in [0, 0.1) is 5.92 Å². The van der Waals surface area contributed by atoms with E-state index in [0.717, 1.165) is 12.8 Å². The lowest BCUT2D eigenvalue weighted by atomic mass is 10.0. The van der Waals surface area contributed by atoms with Crippen LogP contribution in [0.15, 0.2) is 0 Å². The van der Waals surface area contributed by atoms with E-state index in [1.54, 1.807) is 0 Å². The fraction of sp³-hybridized carbons (Fsp3) is 1.00. The van der Waals surface area contributed by atoms with Crippen molar-refractivity contribution in [2.24, 2.45) is 5.92 Å². The molecule has 0 spiro atoms. The molecule has 0 unspecified atom stereocenters. The summed E-state index contributed by atoms with van der Waals surface area (Å²) in [6.07, 6.45) is 2.16. The van der Waals surface area contributed by atoms with Crippen molar-refractivity contribution in [2.45, 2.75) is 53.1 Å². The van der Waals surface area contributed by atoms with Gasteiger partial charge in [0.05, 0.1) is 12.2 Å². The lowest BCUT2D eigenvalue weighted by Gasteiger charge is -2.23. The molecule has 0 aliphatic rings. The summed E-state index contributed by atoms with van der Waals surface area (Å²) in [7, 11) is 0. The molecule has 0 atom stereocenters. The molecule has 2 nitrogen and oxygen atoms in total. The normalized spacial score (nSPS) is 12.5. The molecule has 0 N–H and O–H groups in total. The highest BCUT2D eigenvalue weighted by Crippen LogP contribution is 2.16. The maximum atomic E-state index is 5.28. The van der Waals surface area contributed by atoms with Crippen molar-refractivity contribution in [1.29, 1.82) is 0 Å². The molecule has 0 fully saturated rings. The smallest absolute Gasteiger partial charge is 0.0980 e. The van der Waals surface area contributed by atoms with Crippen LogP contribution in [0.5, 0.6) is 0 Å². The Morgan fingerprint density at radius 3 is 2.25 bits per heavy atom. The maximum absolute atomic E-state index is 5.28. The monoisotopic (exact) mass is 174 g/mol. The van der Waals surface area contributed by atoms with Crippen LogP contribution in [0.1, 0.15) is 47.5 Å². The average Bonchev–Trinajstić information content (AvgIpc) is 1.85. The Kier molecular flexibility index (Phi) is 5.51. The van der Waals surface area contributed by atoms with Gasteiger partial charge in [-0.2, -0.15) is 0 Å². The first-order valence-electron chi connectivity index (χ1n) is 4.78. The van der Waals surface area contributed by atoms with Gasteiger partial charge < -0.3 is 0 Å². The van der Waals surface area contributed by atoms with E-state index in [0.29, 0.717) is 12.5 Å². The van der Waals surface area contributed by atoms with Crippen LogP contribution in [0.2, 0.25) is 0 Å². The molecule has 0 saturated carbocycles. The molecule has 0 saturated heterocycles. The molecule has 0 aliphatic carbocycles. The van der Waals surface area contributed by atoms with Gasteiger partial charge in [-0.3, -0.25) is 0 Å². The highest BCUT2D eigenvalue weighted by molar-refractivity contribution is 4.64. The van der Waals surface area contributed by atoms with Crippen molar-refractivity contribution in [3.05, 3.63) is 0 Å². The zero-order valence-electron chi connectivity index (χ0n) is 9.02. The summed E-state index contributed by atoms with van der Waals surface area (Å²) in [6, 6.07) is 0. The standard InChI is InChI=1S/C10H22O2/c1-6-7-10(4,5)12-11-8-9(2)3/h9H,6-8H2,1-5H3. The summed E-state index contributed by atoms with van der Waals surface area (Å²) < 4.78 is 0. The zero-order valence-corrected chi connectivity index (χ0v) is 9.02. The Balaban J connectivity index is 3.46. The Labute approximate surface area is 76.2 Å². The average molecular weight is 174 g/mol. The van der Waals surface area contributed by atoms with Crippen LogP contribution in [0.4, 0.5) is 0 Å². The van der Waals surface area contributed by atoms with E-state index >= 15 is 0 Å². The minimum atomic E-state index is -0.135. The minimum absolute atomic E-state index is 0.135. The second-order valence-corrected chi connectivity index (χ2v) is 4.27. The van der Waals surface area contributed by atoms with Crippen molar-refractivity contribution in [3.63, 3.8) is 0 Å². The van der Waals surface area contributed by atoms with Crippen molar-refractivity contribution in [3.8, 4) is 0 Å². The second-order valence-electron chi connectivity index (χ2n) is 4.27. The van der Waals surface area contributed by atoms with Crippen LogP contribution in [-0.2, 0) is 9.78 Å². The van der Waals surface area contributed by atoms with Crippen molar-refractivity contribution in [1.82, 2.24) is 0 Å². The van der Waals surface area contributed by atoms with Gasteiger partial charge in [0.15, 0.2) is 0 Å². The third kappa shape index (κ3) is 6.62. The topological polar surface area (TPSA) is 18.5 Å². The van der Waals surface area contributed by atoms with Gasteiger partial charge >= 0.3 is 0 Å². The molecule has 0 aliphatic heterocycles. The third-order valence-corrected chi connectivity index (χ3v) is 1.54. The molecule has 0 radical (unpaired) electrons. The Morgan fingerprint density at radius 2 is 1.83 bits per heavy atom. The summed E-state index contributed by atoms with van der Waals surface area (Å²) in [5.41, 5.74) is -0.135. The van der Waals surface area contributed by atoms with E-state index in [-0.39, 0.29) is 5.60 Å². The van der Waals surface area contributed by atoms with Gasteiger partial charge in [0.2, 0.25) is 0 Å². The molecule has 0 aromatic heterocycles. The molecular weight excluding hydrogens is 152 g/mol. The molecule has 0 rings (SSSR count). The highest BCUT2D eigenvalue weighted by Gasteiger charge is 2.18.